The summed E-state index contributed by atoms with van der Waals surface area (Å²) in [5.41, 5.74) is 0.810. The molecule has 0 saturated heterocycles. The number of nitrogens with zero attached hydrogens (tertiary/aromatic N) is 1. The Bertz CT molecular complexity index is 429. The van der Waals surface area contributed by atoms with E-state index in [4.69, 9.17) is 5.11 Å². The van der Waals surface area contributed by atoms with Gasteiger partial charge in [-0.05, 0) is 18.1 Å². The minimum absolute atomic E-state index is 0.0102. The number of carboxylic acids is 1. The molecule has 20 heavy (non-hydrogen) atoms. The van der Waals surface area contributed by atoms with E-state index in [1.807, 2.05) is 0 Å². The van der Waals surface area contributed by atoms with Crippen LogP contribution in [0.3, 0.4) is 0 Å². The smallest absolute Gasteiger partial charge is 0.354 e. The van der Waals surface area contributed by atoms with Gasteiger partial charge in [0.2, 0.25) is 5.91 Å². The Hall–Kier alpha value is -1.91. The zero-order valence-electron chi connectivity index (χ0n) is 11.9. The molecule has 0 saturated carbocycles. The highest BCUT2D eigenvalue weighted by Gasteiger charge is 2.05. The maximum atomic E-state index is 11.6. The van der Waals surface area contributed by atoms with Crippen molar-refractivity contribution < 1.29 is 14.7 Å². The fraction of sp³-hybridized carbons (Fsp3) is 0.533. The van der Waals surface area contributed by atoms with Crippen LogP contribution in [-0.4, -0.2) is 22.0 Å². The lowest BCUT2D eigenvalue weighted by Gasteiger charge is -2.05. The van der Waals surface area contributed by atoms with E-state index in [2.05, 4.69) is 17.2 Å². The predicted octanol–water partition coefficient (Wildman–Crippen LogP) is 2.76. The molecule has 0 fully saturated rings. The lowest BCUT2D eigenvalue weighted by molar-refractivity contribution is -0.121. The molecule has 1 aromatic heterocycles. The van der Waals surface area contributed by atoms with Crippen LogP contribution in [0, 0.1) is 0 Å². The minimum Gasteiger partial charge on any atom is -0.477 e. The molecule has 1 rings (SSSR count). The number of nitrogens with one attached hydrogen (secondary N) is 1. The van der Waals surface area contributed by atoms with Crippen LogP contribution < -0.4 is 5.32 Å². The number of hydrogen-bond donors (Lipinski definition) is 2. The minimum atomic E-state index is -1.05. The third kappa shape index (κ3) is 6.31. The lowest BCUT2D eigenvalue weighted by Crippen LogP contribution is -2.22. The number of unbranched alkanes of at least 4 members (excludes halogenated alkanes) is 4. The van der Waals surface area contributed by atoms with Crippen LogP contribution in [0.4, 0.5) is 0 Å². The summed E-state index contributed by atoms with van der Waals surface area (Å²) < 4.78 is 0. The summed E-state index contributed by atoms with van der Waals surface area (Å²) >= 11 is 0. The van der Waals surface area contributed by atoms with E-state index in [0.29, 0.717) is 13.0 Å². The summed E-state index contributed by atoms with van der Waals surface area (Å²) in [5, 5.41) is 11.5. The zero-order chi connectivity index (χ0) is 14.8. The van der Waals surface area contributed by atoms with Gasteiger partial charge in [-0.1, -0.05) is 38.7 Å². The first-order valence-corrected chi connectivity index (χ1v) is 7.08. The Balaban J connectivity index is 2.22. The molecule has 0 atom stereocenters. The van der Waals surface area contributed by atoms with Crippen molar-refractivity contribution in [1.82, 2.24) is 10.3 Å². The van der Waals surface area contributed by atoms with Gasteiger partial charge in [0, 0.05) is 19.2 Å². The lowest BCUT2D eigenvalue weighted by atomic mass is 10.1. The van der Waals surface area contributed by atoms with E-state index in [1.165, 1.54) is 31.5 Å². The highest BCUT2D eigenvalue weighted by Crippen LogP contribution is 2.05. The Kier molecular flexibility index (Phi) is 7.32. The normalized spacial score (nSPS) is 10.2. The molecule has 110 valence electrons. The second kappa shape index (κ2) is 9.07. The van der Waals surface area contributed by atoms with Gasteiger partial charge in [-0.2, -0.15) is 0 Å². The zero-order valence-corrected chi connectivity index (χ0v) is 11.9. The first-order valence-electron chi connectivity index (χ1n) is 7.08. The van der Waals surface area contributed by atoms with E-state index >= 15 is 0 Å². The second-order valence-corrected chi connectivity index (χ2v) is 4.80. The first-order chi connectivity index (χ1) is 9.63. The third-order valence-corrected chi connectivity index (χ3v) is 3.04. The van der Waals surface area contributed by atoms with Gasteiger partial charge < -0.3 is 10.4 Å². The van der Waals surface area contributed by atoms with Crippen molar-refractivity contribution in [1.29, 1.82) is 0 Å². The maximum Gasteiger partial charge on any atom is 0.354 e. The number of carbonyl (C=O) groups excluding carboxylic acids is 1. The third-order valence-electron chi connectivity index (χ3n) is 3.04. The molecule has 0 bridgehead atoms. The topological polar surface area (TPSA) is 79.3 Å². The van der Waals surface area contributed by atoms with Gasteiger partial charge in [-0.15, -0.1) is 0 Å². The highest BCUT2D eigenvalue weighted by atomic mass is 16.4. The summed E-state index contributed by atoms with van der Waals surface area (Å²) in [6.07, 6.45) is 7.65. The van der Waals surface area contributed by atoms with Gasteiger partial charge in [0.1, 0.15) is 5.69 Å². The van der Waals surface area contributed by atoms with Crippen LogP contribution in [-0.2, 0) is 11.3 Å². The van der Waals surface area contributed by atoms with E-state index in [-0.39, 0.29) is 11.6 Å². The molecule has 0 spiro atoms. The molecule has 1 amide bonds. The fourth-order valence-electron chi connectivity index (χ4n) is 1.83. The molecular formula is C15H22N2O3. The van der Waals surface area contributed by atoms with Crippen molar-refractivity contribution in [2.45, 2.75) is 52.0 Å². The van der Waals surface area contributed by atoms with Crippen molar-refractivity contribution in [3.8, 4) is 0 Å². The average molecular weight is 278 g/mol. The SMILES string of the molecule is CCCCCCCC(=O)NCc1ccc(C(=O)O)nc1. The average Bonchev–Trinajstić information content (AvgIpc) is 2.45. The van der Waals surface area contributed by atoms with Crippen LogP contribution in [0.2, 0.25) is 0 Å². The number of aromatic carboxylic acids is 1. The van der Waals surface area contributed by atoms with E-state index in [1.54, 1.807) is 6.07 Å². The summed E-state index contributed by atoms with van der Waals surface area (Å²) in [5.74, 6) is -1.02. The van der Waals surface area contributed by atoms with Gasteiger partial charge in [0.05, 0.1) is 0 Å². The van der Waals surface area contributed by atoms with Crippen LogP contribution in [0.25, 0.3) is 0 Å². The Labute approximate surface area is 119 Å². The standard InChI is InChI=1S/C15H22N2O3/c1-2-3-4-5-6-7-14(18)17-11-12-8-9-13(15(19)20)16-10-12/h8-10H,2-7,11H2,1H3,(H,17,18)(H,19,20). The number of carboxylic acid groups (broad SMARTS) is 1. The molecule has 0 aliphatic carbocycles. The monoisotopic (exact) mass is 278 g/mol. The van der Waals surface area contributed by atoms with Crippen LogP contribution in [0.1, 0.15) is 61.5 Å². The molecule has 0 aliphatic heterocycles. The number of aromatic nitrogens is 1. The van der Waals surface area contributed by atoms with Gasteiger partial charge in [0.25, 0.3) is 0 Å². The molecule has 1 aromatic rings. The van der Waals surface area contributed by atoms with Gasteiger partial charge in [-0.3, -0.25) is 4.79 Å². The number of amides is 1. The molecule has 0 unspecified atom stereocenters. The Morgan fingerprint density at radius 3 is 2.55 bits per heavy atom. The van der Waals surface area contributed by atoms with Gasteiger partial charge in [-0.25, -0.2) is 9.78 Å². The van der Waals surface area contributed by atoms with E-state index < -0.39 is 5.97 Å². The summed E-state index contributed by atoms with van der Waals surface area (Å²) in [7, 11) is 0. The van der Waals surface area contributed by atoms with Crippen molar-refractivity contribution in [3.05, 3.63) is 29.6 Å². The molecule has 5 heteroatoms. The quantitative estimate of drug-likeness (QED) is 0.681. The molecule has 2 N–H and O–H groups in total. The largest absolute Gasteiger partial charge is 0.477 e. The van der Waals surface area contributed by atoms with Crippen molar-refractivity contribution in [2.24, 2.45) is 0 Å². The van der Waals surface area contributed by atoms with Crippen LogP contribution in [0.15, 0.2) is 18.3 Å². The summed E-state index contributed by atoms with van der Waals surface area (Å²) in [6, 6.07) is 3.10. The molecule has 5 nitrogen and oxygen atoms in total. The van der Waals surface area contributed by atoms with Gasteiger partial charge >= 0.3 is 5.97 Å². The molecule has 0 radical (unpaired) electrons. The van der Waals surface area contributed by atoms with Crippen LogP contribution in [0.5, 0.6) is 0 Å². The van der Waals surface area contributed by atoms with Crippen LogP contribution >= 0.6 is 0 Å². The molecule has 0 aliphatic rings. The second-order valence-electron chi connectivity index (χ2n) is 4.80. The summed E-state index contributed by atoms with van der Waals surface area (Å²) in [4.78, 5) is 26.0. The van der Waals surface area contributed by atoms with E-state index in [0.717, 1.165) is 18.4 Å². The Morgan fingerprint density at radius 2 is 1.95 bits per heavy atom. The predicted molar refractivity (Wildman–Crippen MR) is 76.4 cm³/mol. The van der Waals surface area contributed by atoms with Crippen molar-refractivity contribution >= 4 is 11.9 Å². The van der Waals surface area contributed by atoms with Gasteiger partial charge in [0.15, 0.2) is 0 Å². The molecule has 0 aromatic carbocycles. The molecule has 1 heterocycles. The fourth-order valence-corrected chi connectivity index (χ4v) is 1.83. The number of hydrogen-bond acceptors (Lipinski definition) is 3. The van der Waals surface area contributed by atoms with Crippen molar-refractivity contribution in [2.75, 3.05) is 0 Å². The highest BCUT2D eigenvalue weighted by molar-refractivity contribution is 5.85. The van der Waals surface area contributed by atoms with Crippen molar-refractivity contribution in [3.63, 3.8) is 0 Å². The summed E-state index contributed by atoms with van der Waals surface area (Å²) in [6.45, 7) is 2.55. The van der Waals surface area contributed by atoms with E-state index in [9.17, 15) is 9.59 Å². The number of carbonyl (C=O) groups is 2. The number of pyridine rings is 1. The first kappa shape index (κ1) is 16.1. The number of rotatable bonds is 9. The Morgan fingerprint density at radius 1 is 1.20 bits per heavy atom. The maximum absolute atomic E-state index is 11.6. The molecular weight excluding hydrogens is 256 g/mol.